The van der Waals surface area contributed by atoms with Gasteiger partial charge in [0, 0.05) is 0 Å². The van der Waals surface area contributed by atoms with Crippen LogP contribution < -0.4 is 5.32 Å². The Bertz CT molecular complexity index is 978. The second-order valence-electron chi connectivity index (χ2n) is 19.5. The van der Waals surface area contributed by atoms with Crippen molar-refractivity contribution in [2.45, 2.75) is 321 Å². The molecule has 3 unspecified atom stereocenters. The molecule has 0 rings (SSSR count). The van der Waals surface area contributed by atoms with Crippen molar-refractivity contribution in [3.63, 3.8) is 0 Å². The van der Waals surface area contributed by atoms with Gasteiger partial charge >= 0.3 is 0 Å². The van der Waals surface area contributed by atoms with E-state index < -0.39 is 24.2 Å². The summed E-state index contributed by atoms with van der Waals surface area (Å²) in [4.78, 5) is 12.6. The van der Waals surface area contributed by atoms with Gasteiger partial charge in [-0.2, -0.15) is 0 Å². The number of aliphatic hydroxyl groups is 3. The molecule has 63 heavy (non-hydrogen) atoms. The molecule has 0 saturated heterocycles. The van der Waals surface area contributed by atoms with E-state index in [1.165, 1.54) is 244 Å². The molecule has 0 aliphatic heterocycles. The molecule has 3 atom stereocenters. The highest BCUT2D eigenvalue weighted by molar-refractivity contribution is 5.80. The van der Waals surface area contributed by atoms with Crippen molar-refractivity contribution in [3.05, 3.63) is 36.5 Å². The summed E-state index contributed by atoms with van der Waals surface area (Å²) in [5.41, 5.74) is 0. The van der Waals surface area contributed by atoms with Crippen molar-refractivity contribution in [2.75, 3.05) is 6.61 Å². The molecular formula is C58H111NO4. The van der Waals surface area contributed by atoms with Crippen molar-refractivity contribution in [2.24, 2.45) is 0 Å². The van der Waals surface area contributed by atoms with E-state index in [2.05, 4.69) is 43.5 Å². The van der Waals surface area contributed by atoms with Crippen LogP contribution in [-0.2, 0) is 4.79 Å². The van der Waals surface area contributed by atoms with Gasteiger partial charge in [0.1, 0.15) is 6.10 Å². The molecule has 0 saturated carbocycles. The van der Waals surface area contributed by atoms with Crippen LogP contribution >= 0.6 is 0 Å². The van der Waals surface area contributed by atoms with E-state index in [0.29, 0.717) is 6.42 Å². The number of hydrogen-bond acceptors (Lipinski definition) is 4. The van der Waals surface area contributed by atoms with E-state index in [-0.39, 0.29) is 6.61 Å². The number of amides is 1. The second-order valence-corrected chi connectivity index (χ2v) is 19.5. The van der Waals surface area contributed by atoms with Crippen molar-refractivity contribution in [1.29, 1.82) is 0 Å². The summed E-state index contributed by atoms with van der Waals surface area (Å²) in [6.45, 7) is 4.21. The molecule has 1 amide bonds. The summed E-state index contributed by atoms with van der Waals surface area (Å²) < 4.78 is 0. The minimum Gasteiger partial charge on any atom is -0.394 e. The fraction of sp³-hybridized carbons (Fsp3) is 0.879. The Kier molecular flexibility index (Phi) is 52.0. The predicted octanol–water partition coefficient (Wildman–Crippen LogP) is 17.4. The average Bonchev–Trinajstić information content (AvgIpc) is 3.29. The summed E-state index contributed by atoms with van der Waals surface area (Å²) in [5, 5.41) is 33.4. The fourth-order valence-corrected chi connectivity index (χ4v) is 8.81. The Hall–Kier alpha value is -1.43. The highest BCUT2D eigenvalue weighted by atomic mass is 16.3. The van der Waals surface area contributed by atoms with Gasteiger partial charge < -0.3 is 20.6 Å². The van der Waals surface area contributed by atoms with Crippen LogP contribution in [0, 0.1) is 0 Å². The number of carbonyl (C=O) groups excluding carboxylic acids is 1. The van der Waals surface area contributed by atoms with E-state index in [1.807, 2.05) is 6.08 Å². The maximum Gasteiger partial charge on any atom is 0.249 e. The van der Waals surface area contributed by atoms with Crippen LogP contribution in [0.5, 0.6) is 0 Å². The lowest BCUT2D eigenvalue weighted by molar-refractivity contribution is -0.131. The quantitative estimate of drug-likeness (QED) is 0.0362. The summed E-state index contributed by atoms with van der Waals surface area (Å²) in [6, 6.07) is -0.800. The number of allylic oxidation sites excluding steroid dienone is 5. The highest BCUT2D eigenvalue weighted by Gasteiger charge is 2.22. The van der Waals surface area contributed by atoms with Crippen molar-refractivity contribution in [3.8, 4) is 0 Å². The number of hydrogen-bond donors (Lipinski definition) is 4. The monoisotopic (exact) mass is 886 g/mol. The molecule has 0 radical (unpaired) electrons. The lowest BCUT2D eigenvalue weighted by Gasteiger charge is -2.21. The molecule has 0 heterocycles. The van der Waals surface area contributed by atoms with E-state index in [4.69, 9.17) is 0 Å². The largest absolute Gasteiger partial charge is 0.394 e. The molecular weight excluding hydrogens is 775 g/mol. The van der Waals surface area contributed by atoms with E-state index in [0.717, 1.165) is 38.5 Å². The maximum atomic E-state index is 12.6. The van der Waals surface area contributed by atoms with Crippen molar-refractivity contribution >= 4 is 5.91 Å². The standard InChI is InChI=1S/C58H111NO4/c1-3-5-7-9-11-13-15-17-19-21-23-25-27-28-29-31-33-35-37-39-41-43-45-47-49-51-53-57(62)58(63)59-55(54-60)56(61)52-50-48-46-44-42-40-38-36-34-32-30-26-24-22-20-18-16-14-12-10-8-6-4-2/h23,25,28-29,50,52,55-57,60-62H,3-22,24,26-27,30-49,51,53-54H2,1-2H3,(H,59,63)/b25-23-,29-28-,52-50+. The van der Waals surface area contributed by atoms with Crippen LogP contribution in [0.3, 0.4) is 0 Å². The molecule has 0 spiro atoms. The van der Waals surface area contributed by atoms with Gasteiger partial charge in [0.05, 0.1) is 18.8 Å². The van der Waals surface area contributed by atoms with Crippen LogP contribution in [0.15, 0.2) is 36.5 Å². The summed E-state index contributed by atoms with van der Waals surface area (Å²) >= 11 is 0. The molecule has 0 aromatic carbocycles. The third-order valence-corrected chi connectivity index (χ3v) is 13.2. The molecule has 0 aliphatic carbocycles. The molecule has 0 fully saturated rings. The van der Waals surface area contributed by atoms with Gasteiger partial charge in [0.2, 0.25) is 5.91 Å². The Balaban J connectivity index is 3.59. The average molecular weight is 887 g/mol. The first-order chi connectivity index (χ1) is 31.1. The Morgan fingerprint density at radius 1 is 0.397 bits per heavy atom. The molecule has 4 N–H and O–H groups in total. The van der Waals surface area contributed by atoms with Gasteiger partial charge in [0.25, 0.3) is 0 Å². The SMILES string of the molecule is CCCCCCCCCCC/C=C\C/C=C\CCCCCCCCCCCCC(O)C(=O)NC(CO)C(O)/C=C/CCCCCCCCCCCCCCCCCCCCCCC. The zero-order valence-electron chi connectivity index (χ0n) is 42.5. The minimum absolute atomic E-state index is 0.363. The second kappa shape index (κ2) is 53.2. The Morgan fingerprint density at radius 2 is 0.683 bits per heavy atom. The number of aliphatic hydroxyl groups excluding tert-OH is 3. The number of carbonyl (C=O) groups is 1. The number of unbranched alkanes of at least 4 members (excludes halogenated alkanes) is 40. The van der Waals surface area contributed by atoms with Gasteiger partial charge in [-0.1, -0.05) is 288 Å². The van der Waals surface area contributed by atoms with Crippen LogP contribution in [0.2, 0.25) is 0 Å². The molecule has 0 aromatic rings. The first kappa shape index (κ1) is 61.6. The maximum absolute atomic E-state index is 12.6. The van der Waals surface area contributed by atoms with E-state index in [1.54, 1.807) is 6.08 Å². The Labute approximate surface area is 394 Å². The zero-order chi connectivity index (χ0) is 45.8. The lowest BCUT2D eigenvalue weighted by atomic mass is 10.0. The fourth-order valence-electron chi connectivity index (χ4n) is 8.81. The topological polar surface area (TPSA) is 89.8 Å². The van der Waals surface area contributed by atoms with Crippen LogP contribution in [0.1, 0.15) is 303 Å². The third kappa shape index (κ3) is 48.3. The van der Waals surface area contributed by atoms with Crippen molar-refractivity contribution < 1.29 is 20.1 Å². The van der Waals surface area contributed by atoms with Gasteiger partial charge in [-0.15, -0.1) is 0 Å². The van der Waals surface area contributed by atoms with Crippen molar-refractivity contribution in [1.82, 2.24) is 5.32 Å². The first-order valence-corrected chi connectivity index (χ1v) is 28.3. The van der Waals surface area contributed by atoms with Crippen LogP contribution in [0.25, 0.3) is 0 Å². The molecule has 0 aromatic heterocycles. The lowest BCUT2D eigenvalue weighted by Crippen LogP contribution is -2.48. The van der Waals surface area contributed by atoms with Gasteiger partial charge in [0.15, 0.2) is 0 Å². The summed E-state index contributed by atoms with van der Waals surface area (Å²) in [7, 11) is 0. The minimum atomic E-state index is -1.10. The smallest absolute Gasteiger partial charge is 0.249 e. The molecule has 0 aliphatic rings. The normalized spacial score (nSPS) is 13.5. The van der Waals surface area contributed by atoms with Crippen LogP contribution in [-0.4, -0.2) is 46.1 Å². The highest BCUT2D eigenvalue weighted by Crippen LogP contribution is 2.17. The van der Waals surface area contributed by atoms with Crippen LogP contribution in [0.4, 0.5) is 0 Å². The number of rotatable bonds is 52. The molecule has 5 heteroatoms. The molecule has 5 nitrogen and oxygen atoms in total. The zero-order valence-corrected chi connectivity index (χ0v) is 42.5. The Morgan fingerprint density at radius 3 is 1.00 bits per heavy atom. The summed E-state index contributed by atoms with van der Waals surface area (Å²) in [5.74, 6) is -0.502. The van der Waals surface area contributed by atoms with Gasteiger partial charge in [-0.25, -0.2) is 0 Å². The predicted molar refractivity (Wildman–Crippen MR) is 278 cm³/mol. The summed E-state index contributed by atoms with van der Waals surface area (Å²) in [6.07, 6.45) is 69.3. The first-order valence-electron chi connectivity index (χ1n) is 28.3. The molecule has 0 bridgehead atoms. The molecule has 372 valence electrons. The number of nitrogens with one attached hydrogen (secondary N) is 1. The third-order valence-electron chi connectivity index (χ3n) is 13.2. The van der Waals surface area contributed by atoms with Gasteiger partial charge in [-0.05, 0) is 51.4 Å². The van der Waals surface area contributed by atoms with Gasteiger partial charge in [-0.3, -0.25) is 4.79 Å². The van der Waals surface area contributed by atoms with E-state index in [9.17, 15) is 20.1 Å². The van der Waals surface area contributed by atoms with E-state index >= 15 is 0 Å².